The van der Waals surface area contributed by atoms with Crippen LogP contribution in [0.15, 0.2) is 30.0 Å². The van der Waals surface area contributed by atoms with Gasteiger partial charge in [0, 0.05) is 31.9 Å². The van der Waals surface area contributed by atoms with Crippen molar-refractivity contribution >= 4 is 11.9 Å². The number of allylic oxidation sites excluding steroid dienone is 2. The molecule has 0 bridgehead atoms. The number of pyridine rings is 1. The molecule has 0 spiro atoms. The molecule has 7 nitrogen and oxygen atoms in total. The Morgan fingerprint density at radius 3 is 2.90 bits per heavy atom. The minimum atomic E-state index is -0.982. The molecule has 1 amide bonds. The van der Waals surface area contributed by atoms with Crippen LogP contribution in [0.2, 0.25) is 0 Å². The van der Waals surface area contributed by atoms with Crippen molar-refractivity contribution in [1.29, 1.82) is 0 Å². The van der Waals surface area contributed by atoms with E-state index in [1.54, 1.807) is 0 Å². The number of rotatable bonds is 12. The maximum absolute atomic E-state index is 12.2. The molecule has 1 aromatic rings. The predicted octanol–water partition coefficient (Wildman–Crippen LogP) is 2.83. The fourth-order valence-corrected chi connectivity index (χ4v) is 3.65. The Bertz CT molecular complexity index is 731. The summed E-state index contributed by atoms with van der Waals surface area (Å²) in [6, 6.07) is 3.17. The van der Waals surface area contributed by atoms with Crippen LogP contribution in [-0.4, -0.2) is 59.1 Å². The van der Waals surface area contributed by atoms with Crippen molar-refractivity contribution in [3.63, 3.8) is 0 Å². The standard InChI is InChI=1S/C23H36N4O3/c1-17(2)5-4-6-18(3)8-11-27-12-9-20(16-27)26-22(28)15-24-14-21-13-19(23(29)30)7-10-25-21/h5,7,10,13,18,20,24H,4,6,8-9,11-12,14-16H2,1-3H3,(H,26,28)(H,29,30). The number of amides is 1. The zero-order valence-electron chi connectivity index (χ0n) is 18.5. The molecule has 0 radical (unpaired) electrons. The number of carboxylic acid groups (broad SMARTS) is 1. The van der Waals surface area contributed by atoms with Crippen LogP contribution >= 0.6 is 0 Å². The first-order valence-corrected chi connectivity index (χ1v) is 10.9. The van der Waals surface area contributed by atoms with Crippen LogP contribution in [0.5, 0.6) is 0 Å². The second-order valence-corrected chi connectivity index (χ2v) is 8.55. The van der Waals surface area contributed by atoms with Crippen LogP contribution < -0.4 is 10.6 Å². The van der Waals surface area contributed by atoms with Crippen LogP contribution in [0.25, 0.3) is 0 Å². The third kappa shape index (κ3) is 9.05. The fraction of sp³-hybridized carbons (Fsp3) is 0.609. The van der Waals surface area contributed by atoms with Crippen LogP contribution in [0.1, 0.15) is 62.5 Å². The summed E-state index contributed by atoms with van der Waals surface area (Å²) in [5.41, 5.74) is 2.19. The first-order valence-electron chi connectivity index (χ1n) is 10.9. The molecule has 2 atom stereocenters. The molecular weight excluding hydrogens is 380 g/mol. The van der Waals surface area contributed by atoms with Gasteiger partial charge < -0.3 is 20.6 Å². The van der Waals surface area contributed by atoms with E-state index < -0.39 is 5.97 Å². The first kappa shape index (κ1) is 24.0. The van der Waals surface area contributed by atoms with Crippen molar-refractivity contribution in [2.45, 2.75) is 59.0 Å². The van der Waals surface area contributed by atoms with Gasteiger partial charge in [-0.3, -0.25) is 9.78 Å². The Morgan fingerprint density at radius 2 is 2.17 bits per heavy atom. The van der Waals surface area contributed by atoms with Crippen molar-refractivity contribution in [3.8, 4) is 0 Å². The summed E-state index contributed by atoms with van der Waals surface area (Å²) in [5, 5.41) is 15.1. The van der Waals surface area contributed by atoms with E-state index in [4.69, 9.17) is 5.11 Å². The van der Waals surface area contributed by atoms with Gasteiger partial charge in [0.2, 0.25) is 5.91 Å². The Kier molecular flexibility index (Phi) is 9.97. The molecule has 1 fully saturated rings. The van der Waals surface area contributed by atoms with E-state index in [2.05, 4.69) is 47.4 Å². The number of carboxylic acids is 1. The summed E-state index contributed by atoms with van der Waals surface area (Å²) in [7, 11) is 0. The van der Waals surface area contributed by atoms with Crippen LogP contribution in [0.3, 0.4) is 0 Å². The van der Waals surface area contributed by atoms with Crippen molar-refractivity contribution in [1.82, 2.24) is 20.5 Å². The van der Waals surface area contributed by atoms with Gasteiger partial charge in [0.15, 0.2) is 0 Å². The second kappa shape index (κ2) is 12.4. The summed E-state index contributed by atoms with van der Waals surface area (Å²) in [6.45, 7) is 10.2. The zero-order valence-corrected chi connectivity index (χ0v) is 18.5. The number of aromatic carboxylic acids is 1. The number of carbonyl (C=O) groups excluding carboxylic acids is 1. The lowest BCUT2D eigenvalue weighted by molar-refractivity contribution is -0.120. The smallest absolute Gasteiger partial charge is 0.335 e. The predicted molar refractivity (Wildman–Crippen MR) is 118 cm³/mol. The Balaban J connectivity index is 1.61. The lowest BCUT2D eigenvalue weighted by Gasteiger charge is -2.19. The van der Waals surface area contributed by atoms with E-state index >= 15 is 0 Å². The Hall–Kier alpha value is -2.25. The lowest BCUT2D eigenvalue weighted by atomic mass is 10.0. The topological polar surface area (TPSA) is 94.6 Å². The molecule has 0 saturated carbocycles. The van der Waals surface area contributed by atoms with Gasteiger partial charge in [-0.25, -0.2) is 4.79 Å². The summed E-state index contributed by atoms with van der Waals surface area (Å²) >= 11 is 0. The van der Waals surface area contributed by atoms with Gasteiger partial charge in [0.05, 0.1) is 17.8 Å². The minimum Gasteiger partial charge on any atom is -0.478 e. The molecule has 0 aliphatic carbocycles. The summed E-state index contributed by atoms with van der Waals surface area (Å²) < 4.78 is 0. The number of hydrogen-bond donors (Lipinski definition) is 3. The SMILES string of the molecule is CC(C)=CCCC(C)CCN1CCC(NC(=O)CNCc2cc(C(=O)O)ccn2)C1. The minimum absolute atomic E-state index is 0.0358. The third-order valence-corrected chi connectivity index (χ3v) is 5.44. The van der Waals surface area contributed by atoms with Gasteiger partial charge in [-0.05, 0) is 64.1 Å². The highest BCUT2D eigenvalue weighted by atomic mass is 16.4. The largest absolute Gasteiger partial charge is 0.478 e. The highest BCUT2D eigenvalue weighted by Crippen LogP contribution is 2.15. The number of nitrogens with one attached hydrogen (secondary N) is 2. The number of nitrogens with zero attached hydrogens (tertiary/aromatic N) is 2. The molecule has 2 unspecified atom stereocenters. The molecule has 166 valence electrons. The van der Waals surface area contributed by atoms with E-state index in [-0.39, 0.29) is 24.1 Å². The number of aromatic nitrogens is 1. The van der Waals surface area contributed by atoms with E-state index in [1.165, 1.54) is 36.7 Å². The van der Waals surface area contributed by atoms with Gasteiger partial charge in [0.25, 0.3) is 0 Å². The van der Waals surface area contributed by atoms with Gasteiger partial charge in [-0.15, -0.1) is 0 Å². The monoisotopic (exact) mass is 416 g/mol. The average Bonchev–Trinajstić information content (AvgIpc) is 3.13. The van der Waals surface area contributed by atoms with Gasteiger partial charge in [0.1, 0.15) is 0 Å². The van der Waals surface area contributed by atoms with Crippen LogP contribution in [0.4, 0.5) is 0 Å². The number of likely N-dealkylation sites (tertiary alicyclic amines) is 1. The summed E-state index contributed by atoms with van der Waals surface area (Å²) in [4.78, 5) is 29.8. The molecule has 7 heteroatoms. The number of hydrogen-bond acceptors (Lipinski definition) is 5. The van der Waals surface area contributed by atoms with E-state index in [0.717, 1.165) is 32.5 Å². The van der Waals surface area contributed by atoms with Crippen molar-refractivity contribution < 1.29 is 14.7 Å². The second-order valence-electron chi connectivity index (χ2n) is 8.55. The molecule has 2 rings (SSSR count). The molecule has 2 heterocycles. The van der Waals surface area contributed by atoms with Gasteiger partial charge >= 0.3 is 5.97 Å². The van der Waals surface area contributed by atoms with Gasteiger partial charge in [-0.2, -0.15) is 0 Å². The molecule has 1 aliphatic rings. The van der Waals surface area contributed by atoms with E-state index in [0.29, 0.717) is 18.2 Å². The normalized spacial score (nSPS) is 17.5. The average molecular weight is 417 g/mol. The molecule has 0 aromatic carbocycles. The number of carbonyl (C=O) groups is 2. The maximum atomic E-state index is 12.2. The molecular formula is C23H36N4O3. The van der Waals surface area contributed by atoms with Crippen molar-refractivity contribution in [3.05, 3.63) is 41.2 Å². The van der Waals surface area contributed by atoms with Crippen molar-refractivity contribution in [2.75, 3.05) is 26.2 Å². The summed E-state index contributed by atoms with van der Waals surface area (Å²) in [6.07, 6.45) is 8.35. The van der Waals surface area contributed by atoms with Gasteiger partial charge in [-0.1, -0.05) is 18.6 Å². The summed E-state index contributed by atoms with van der Waals surface area (Å²) in [5.74, 6) is -0.303. The first-order chi connectivity index (χ1) is 14.3. The van der Waals surface area contributed by atoms with Crippen molar-refractivity contribution in [2.24, 2.45) is 5.92 Å². The zero-order chi connectivity index (χ0) is 21.9. The quantitative estimate of drug-likeness (QED) is 0.454. The Labute approximate surface area is 180 Å². The van der Waals surface area contributed by atoms with Crippen LogP contribution in [0, 0.1) is 5.92 Å². The molecule has 3 N–H and O–H groups in total. The maximum Gasteiger partial charge on any atom is 0.335 e. The third-order valence-electron chi connectivity index (χ3n) is 5.44. The molecule has 30 heavy (non-hydrogen) atoms. The van der Waals surface area contributed by atoms with E-state index in [1.807, 2.05) is 0 Å². The Morgan fingerprint density at radius 1 is 1.37 bits per heavy atom. The highest BCUT2D eigenvalue weighted by Gasteiger charge is 2.23. The highest BCUT2D eigenvalue weighted by molar-refractivity contribution is 5.87. The fourth-order valence-electron chi connectivity index (χ4n) is 3.65. The molecule has 1 aliphatic heterocycles. The molecule has 1 saturated heterocycles. The van der Waals surface area contributed by atoms with E-state index in [9.17, 15) is 9.59 Å². The van der Waals surface area contributed by atoms with Crippen LogP contribution in [-0.2, 0) is 11.3 Å². The lowest BCUT2D eigenvalue weighted by Crippen LogP contribution is -2.41. The molecule has 1 aromatic heterocycles.